The first-order valence-electron chi connectivity index (χ1n) is 5.47. The van der Waals surface area contributed by atoms with E-state index in [1.54, 1.807) is 0 Å². The topological polar surface area (TPSA) is 96.4 Å². The molecule has 1 aromatic carbocycles. The summed E-state index contributed by atoms with van der Waals surface area (Å²) in [5, 5.41) is 9.05. The van der Waals surface area contributed by atoms with E-state index in [9.17, 15) is 13.2 Å². The average molecular weight is 347 g/mol. The molecule has 0 radical (unpaired) electrons. The van der Waals surface area contributed by atoms with Crippen molar-refractivity contribution in [1.29, 1.82) is 0 Å². The molecule has 1 heterocycles. The number of anilines is 1. The Hall–Kier alpha value is -1.83. The Balaban J connectivity index is 2.40. The highest BCUT2D eigenvalue weighted by Crippen LogP contribution is 2.26. The Morgan fingerprint density at radius 3 is 2.57 bits per heavy atom. The quantitative estimate of drug-likeness (QED) is 0.887. The maximum atomic E-state index is 12.2. The predicted octanol–water partition coefficient (Wildman–Crippen LogP) is 2.89. The van der Waals surface area contributed by atoms with Gasteiger partial charge in [-0.05, 0) is 30.3 Å². The zero-order valence-electron chi connectivity index (χ0n) is 10.2. The number of carbonyl (C=O) groups is 1. The molecule has 0 bridgehead atoms. The highest BCUT2D eigenvalue weighted by atomic mass is 35.5. The van der Waals surface area contributed by atoms with Gasteiger partial charge in [0.2, 0.25) is 0 Å². The van der Waals surface area contributed by atoms with Crippen LogP contribution in [0.1, 0.15) is 10.4 Å². The van der Waals surface area contributed by atoms with Crippen molar-refractivity contribution >= 4 is 45.0 Å². The summed E-state index contributed by atoms with van der Waals surface area (Å²) in [5.41, 5.74) is -0.0973. The smallest absolute Gasteiger partial charge is 0.335 e. The molecule has 0 aliphatic heterocycles. The number of halogens is 2. The summed E-state index contributed by atoms with van der Waals surface area (Å²) in [6.45, 7) is 0. The van der Waals surface area contributed by atoms with Crippen molar-refractivity contribution in [3.05, 3.63) is 52.1 Å². The van der Waals surface area contributed by atoms with Crippen LogP contribution in [0.2, 0.25) is 10.0 Å². The van der Waals surface area contributed by atoms with Crippen LogP contribution in [0.3, 0.4) is 0 Å². The zero-order chi connectivity index (χ0) is 15.6. The monoisotopic (exact) mass is 346 g/mol. The fourth-order valence-corrected chi connectivity index (χ4v) is 3.26. The molecule has 2 rings (SSSR count). The van der Waals surface area contributed by atoms with Gasteiger partial charge in [0, 0.05) is 11.2 Å². The van der Waals surface area contributed by atoms with Gasteiger partial charge in [0.25, 0.3) is 10.0 Å². The van der Waals surface area contributed by atoms with Crippen molar-refractivity contribution in [1.82, 2.24) is 4.98 Å². The molecule has 6 nitrogen and oxygen atoms in total. The van der Waals surface area contributed by atoms with Gasteiger partial charge in [-0.1, -0.05) is 23.2 Å². The van der Waals surface area contributed by atoms with E-state index >= 15 is 0 Å². The van der Waals surface area contributed by atoms with Crippen molar-refractivity contribution in [2.24, 2.45) is 0 Å². The van der Waals surface area contributed by atoms with E-state index in [-0.39, 0.29) is 26.3 Å². The number of aromatic nitrogens is 1. The molecular weight excluding hydrogens is 339 g/mol. The van der Waals surface area contributed by atoms with Crippen LogP contribution in [0.4, 0.5) is 5.82 Å². The van der Waals surface area contributed by atoms with Crippen molar-refractivity contribution in [3.63, 3.8) is 0 Å². The van der Waals surface area contributed by atoms with E-state index in [0.717, 1.165) is 6.07 Å². The van der Waals surface area contributed by atoms with Crippen LogP contribution in [0.15, 0.2) is 41.4 Å². The molecule has 0 atom stereocenters. The van der Waals surface area contributed by atoms with E-state index in [1.807, 2.05) is 0 Å². The molecule has 2 aromatic rings. The van der Waals surface area contributed by atoms with Gasteiger partial charge in [0.1, 0.15) is 10.7 Å². The molecule has 1 aromatic heterocycles. The van der Waals surface area contributed by atoms with Crippen molar-refractivity contribution in [3.8, 4) is 0 Å². The molecule has 2 N–H and O–H groups in total. The van der Waals surface area contributed by atoms with E-state index in [4.69, 9.17) is 28.3 Å². The number of hydrogen-bond acceptors (Lipinski definition) is 4. The molecule has 0 spiro atoms. The van der Waals surface area contributed by atoms with Crippen molar-refractivity contribution in [2.45, 2.75) is 4.90 Å². The SMILES string of the molecule is O=C(O)c1ccnc(NS(=O)(=O)c2cc(Cl)ccc2Cl)c1. The van der Waals surface area contributed by atoms with Crippen LogP contribution in [-0.2, 0) is 10.0 Å². The first-order valence-corrected chi connectivity index (χ1v) is 7.71. The summed E-state index contributed by atoms with van der Waals surface area (Å²) in [5.74, 6) is -1.33. The minimum Gasteiger partial charge on any atom is -0.478 e. The highest BCUT2D eigenvalue weighted by Gasteiger charge is 2.19. The molecule has 0 saturated heterocycles. The third kappa shape index (κ3) is 3.63. The van der Waals surface area contributed by atoms with Gasteiger partial charge in [-0.3, -0.25) is 4.72 Å². The number of rotatable bonds is 4. The van der Waals surface area contributed by atoms with Crippen molar-refractivity contribution < 1.29 is 18.3 Å². The first-order chi connectivity index (χ1) is 9.79. The lowest BCUT2D eigenvalue weighted by molar-refractivity contribution is 0.0697. The second kappa shape index (κ2) is 5.88. The van der Waals surface area contributed by atoms with E-state index in [2.05, 4.69) is 9.71 Å². The van der Waals surface area contributed by atoms with Crippen LogP contribution in [-0.4, -0.2) is 24.5 Å². The van der Waals surface area contributed by atoms with Crippen molar-refractivity contribution in [2.75, 3.05) is 4.72 Å². The molecule has 0 saturated carbocycles. The van der Waals surface area contributed by atoms with Crippen LogP contribution in [0, 0.1) is 0 Å². The lowest BCUT2D eigenvalue weighted by Crippen LogP contribution is -2.15. The molecule has 110 valence electrons. The predicted molar refractivity (Wildman–Crippen MR) is 78.5 cm³/mol. The number of hydrogen-bond donors (Lipinski definition) is 2. The fourth-order valence-electron chi connectivity index (χ4n) is 1.50. The molecule has 0 amide bonds. The van der Waals surface area contributed by atoms with E-state index in [0.29, 0.717) is 0 Å². The standard InChI is InChI=1S/C12H8Cl2N2O4S/c13-8-1-2-9(14)10(6-8)21(19,20)16-11-5-7(12(17)18)3-4-15-11/h1-6H,(H,15,16)(H,17,18). The second-order valence-corrected chi connectivity index (χ2v) is 6.41. The fraction of sp³-hybridized carbons (Fsp3) is 0. The molecule has 21 heavy (non-hydrogen) atoms. The number of nitrogens with one attached hydrogen (secondary N) is 1. The second-order valence-electron chi connectivity index (χ2n) is 3.92. The molecule has 0 fully saturated rings. The lowest BCUT2D eigenvalue weighted by atomic mass is 10.3. The Labute approximate surface area is 130 Å². The normalized spacial score (nSPS) is 11.1. The summed E-state index contributed by atoms with van der Waals surface area (Å²) in [6.07, 6.45) is 1.18. The maximum Gasteiger partial charge on any atom is 0.335 e. The van der Waals surface area contributed by atoms with Gasteiger partial charge in [0.05, 0.1) is 10.6 Å². The Morgan fingerprint density at radius 1 is 1.19 bits per heavy atom. The number of sulfonamides is 1. The number of carboxylic acids is 1. The number of pyridine rings is 1. The molecule has 0 unspecified atom stereocenters. The van der Waals surface area contributed by atoms with Gasteiger partial charge in [-0.2, -0.15) is 0 Å². The average Bonchev–Trinajstić information content (AvgIpc) is 2.41. The summed E-state index contributed by atoms with van der Waals surface area (Å²) in [6, 6.07) is 6.32. The summed E-state index contributed by atoms with van der Waals surface area (Å²) in [7, 11) is -4.03. The number of aromatic carboxylic acids is 1. The Morgan fingerprint density at radius 2 is 1.90 bits per heavy atom. The lowest BCUT2D eigenvalue weighted by Gasteiger charge is -2.09. The van der Waals surface area contributed by atoms with Gasteiger partial charge < -0.3 is 5.11 Å². The van der Waals surface area contributed by atoms with Gasteiger partial charge in [-0.25, -0.2) is 18.2 Å². The zero-order valence-corrected chi connectivity index (χ0v) is 12.6. The number of benzene rings is 1. The highest BCUT2D eigenvalue weighted by molar-refractivity contribution is 7.92. The van der Waals surface area contributed by atoms with Crippen LogP contribution in [0.5, 0.6) is 0 Å². The molecule has 0 aliphatic rings. The number of carboxylic acid groups (broad SMARTS) is 1. The van der Waals surface area contributed by atoms with E-state index in [1.165, 1.54) is 30.5 Å². The summed E-state index contributed by atoms with van der Waals surface area (Å²) >= 11 is 11.6. The summed E-state index contributed by atoms with van der Waals surface area (Å²) < 4.78 is 26.6. The van der Waals surface area contributed by atoms with Crippen LogP contribution in [0.25, 0.3) is 0 Å². The van der Waals surface area contributed by atoms with E-state index < -0.39 is 16.0 Å². The minimum absolute atomic E-state index is 0.0127. The van der Waals surface area contributed by atoms with Gasteiger partial charge >= 0.3 is 5.97 Å². The molecule has 9 heteroatoms. The third-order valence-electron chi connectivity index (χ3n) is 2.43. The molecular formula is C12H8Cl2N2O4S. The van der Waals surface area contributed by atoms with Gasteiger partial charge in [0.15, 0.2) is 0 Å². The summed E-state index contributed by atoms with van der Waals surface area (Å²) in [4.78, 5) is 14.4. The van der Waals surface area contributed by atoms with Gasteiger partial charge in [-0.15, -0.1) is 0 Å². The maximum absolute atomic E-state index is 12.2. The molecule has 0 aliphatic carbocycles. The minimum atomic E-state index is -4.03. The van der Waals surface area contributed by atoms with Crippen LogP contribution >= 0.6 is 23.2 Å². The Bertz CT molecular complexity index is 809. The van der Waals surface area contributed by atoms with Crippen LogP contribution < -0.4 is 4.72 Å². The third-order valence-corrected chi connectivity index (χ3v) is 4.50. The Kier molecular flexibility index (Phi) is 4.36. The first kappa shape index (κ1) is 15.6. The largest absolute Gasteiger partial charge is 0.478 e. The number of nitrogens with zero attached hydrogens (tertiary/aromatic N) is 1.